The highest BCUT2D eigenvalue weighted by Gasteiger charge is 2.36. The van der Waals surface area contributed by atoms with Crippen LogP contribution in [0.15, 0.2) is 60.7 Å². The molecule has 0 saturated carbocycles. The van der Waals surface area contributed by atoms with Crippen molar-refractivity contribution in [3.8, 4) is 5.75 Å². The zero-order chi connectivity index (χ0) is 24.5. The van der Waals surface area contributed by atoms with Gasteiger partial charge in [-0.2, -0.15) is 0 Å². The van der Waals surface area contributed by atoms with Crippen molar-refractivity contribution in [2.45, 2.75) is 19.8 Å². The van der Waals surface area contributed by atoms with Gasteiger partial charge in [-0.1, -0.05) is 30.3 Å². The highest BCUT2D eigenvalue weighted by Crippen LogP contribution is 2.33. The van der Waals surface area contributed by atoms with Gasteiger partial charge >= 0.3 is 5.97 Å². The quantitative estimate of drug-likeness (QED) is 0.230. The van der Waals surface area contributed by atoms with Crippen LogP contribution in [0.5, 0.6) is 5.75 Å². The third kappa shape index (κ3) is 4.22. The third-order valence-electron chi connectivity index (χ3n) is 5.73. The molecule has 3 aromatic rings. The zero-order valence-corrected chi connectivity index (χ0v) is 18.3. The topological polar surface area (TPSA) is 125 Å². The Bertz CT molecular complexity index is 1370. The fraction of sp³-hybridized carbons (Fsp3) is 0.160. The Kier molecular flexibility index (Phi) is 5.71. The number of ether oxygens (including phenoxy) is 3. The first-order valence-electron chi connectivity index (χ1n) is 10.6. The molecule has 2 amide bonds. The molecule has 3 aromatic carbocycles. The van der Waals surface area contributed by atoms with E-state index < -0.39 is 22.7 Å². The summed E-state index contributed by atoms with van der Waals surface area (Å²) in [4.78, 5) is 50.2. The van der Waals surface area contributed by atoms with Crippen LogP contribution >= 0.6 is 0 Å². The predicted molar refractivity (Wildman–Crippen MR) is 120 cm³/mol. The average Bonchev–Trinajstić information content (AvgIpc) is 3.11. The fourth-order valence-corrected chi connectivity index (χ4v) is 4.05. The SMILES string of the molecule is O=C(OCc1cc([N+](=O)[O-])cc2c1OCOC2)c1ccc2c(c1)C(=O)N(Cc1ccccc1)C2=O. The summed E-state index contributed by atoms with van der Waals surface area (Å²) in [5.74, 6) is -1.30. The minimum Gasteiger partial charge on any atom is -0.467 e. The summed E-state index contributed by atoms with van der Waals surface area (Å²) < 4.78 is 16.0. The number of hydrogen-bond donors (Lipinski definition) is 0. The summed E-state index contributed by atoms with van der Waals surface area (Å²) in [5, 5.41) is 11.3. The van der Waals surface area contributed by atoms with Crippen LogP contribution in [0.3, 0.4) is 0 Å². The number of hydrogen-bond acceptors (Lipinski definition) is 8. The van der Waals surface area contributed by atoms with Crippen molar-refractivity contribution in [3.05, 3.63) is 104 Å². The molecule has 0 aliphatic carbocycles. The first-order valence-corrected chi connectivity index (χ1v) is 10.6. The van der Waals surface area contributed by atoms with E-state index in [1.54, 1.807) is 0 Å². The first kappa shape index (κ1) is 22.2. The van der Waals surface area contributed by atoms with E-state index in [0.29, 0.717) is 16.9 Å². The second kappa shape index (κ2) is 8.99. The summed E-state index contributed by atoms with van der Waals surface area (Å²) in [6, 6.07) is 15.9. The number of nitro benzene ring substituents is 1. The third-order valence-corrected chi connectivity index (χ3v) is 5.73. The van der Waals surface area contributed by atoms with Gasteiger partial charge in [-0.25, -0.2) is 4.79 Å². The van der Waals surface area contributed by atoms with Crippen molar-refractivity contribution >= 4 is 23.5 Å². The molecule has 0 N–H and O–H groups in total. The van der Waals surface area contributed by atoms with Crippen LogP contribution in [0.25, 0.3) is 0 Å². The summed E-state index contributed by atoms with van der Waals surface area (Å²) >= 11 is 0. The Balaban J connectivity index is 1.34. The number of nitro groups is 1. The van der Waals surface area contributed by atoms with E-state index in [0.717, 1.165) is 10.5 Å². The lowest BCUT2D eigenvalue weighted by Crippen LogP contribution is -2.29. The van der Waals surface area contributed by atoms with Crippen molar-refractivity contribution in [2.75, 3.05) is 6.79 Å². The highest BCUT2D eigenvalue weighted by molar-refractivity contribution is 6.21. The van der Waals surface area contributed by atoms with Crippen LogP contribution < -0.4 is 4.74 Å². The number of non-ortho nitro benzene ring substituents is 1. The molecule has 0 radical (unpaired) electrons. The van der Waals surface area contributed by atoms with Crippen LogP contribution in [0.4, 0.5) is 5.69 Å². The molecule has 5 rings (SSSR count). The van der Waals surface area contributed by atoms with Crippen LogP contribution in [0, 0.1) is 10.1 Å². The van der Waals surface area contributed by atoms with Gasteiger partial charge in [0.25, 0.3) is 17.5 Å². The molecule has 176 valence electrons. The number of carbonyl (C=O) groups excluding carboxylic acids is 3. The molecular weight excluding hydrogens is 456 g/mol. The lowest BCUT2D eigenvalue weighted by Gasteiger charge is -2.20. The largest absolute Gasteiger partial charge is 0.467 e. The monoisotopic (exact) mass is 474 g/mol. The molecule has 10 nitrogen and oxygen atoms in total. The van der Waals surface area contributed by atoms with E-state index in [1.807, 2.05) is 30.3 Å². The second-order valence-electron chi connectivity index (χ2n) is 7.98. The molecule has 0 spiro atoms. The number of amides is 2. The standard InChI is InChI=1S/C25H18N2O8/c28-23-20-7-6-16(10-21(20)24(29)26(23)11-15-4-2-1-3-5-15)25(30)34-13-18-9-19(27(31)32)8-17-12-33-14-35-22(17)18/h1-10H,11-14H2. The lowest BCUT2D eigenvalue weighted by atomic mass is 10.1. The van der Waals surface area contributed by atoms with Crippen LogP contribution in [0.1, 0.15) is 47.8 Å². The number of fused-ring (bicyclic) bond motifs is 2. The maximum absolute atomic E-state index is 12.9. The van der Waals surface area contributed by atoms with E-state index in [4.69, 9.17) is 14.2 Å². The molecule has 0 atom stereocenters. The normalized spacial score (nSPS) is 14.2. The molecule has 0 unspecified atom stereocenters. The molecule has 0 aromatic heterocycles. The summed E-state index contributed by atoms with van der Waals surface area (Å²) in [5.41, 5.74) is 1.84. The smallest absolute Gasteiger partial charge is 0.338 e. The van der Waals surface area contributed by atoms with Gasteiger partial charge in [-0.05, 0) is 23.8 Å². The molecule has 2 aliphatic rings. The predicted octanol–water partition coefficient (Wildman–Crippen LogP) is 3.61. The molecule has 10 heteroatoms. The van der Waals surface area contributed by atoms with Gasteiger partial charge < -0.3 is 14.2 Å². The van der Waals surface area contributed by atoms with Gasteiger partial charge in [0, 0.05) is 23.3 Å². The maximum atomic E-state index is 12.9. The highest BCUT2D eigenvalue weighted by atomic mass is 16.7. The van der Waals surface area contributed by atoms with Crippen molar-refractivity contribution in [2.24, 2.45) is 0 Å². The molecule has 0 bridgehead atoms. The number of benzene rings is 3. The Labute approximate surface area is 198 Å². The van der Waals surface area contributed by atoms with Gasteiger partial charge in [-0.15, -0.1) is 0 Å². The molecule has 0 fully saturated rings. The molecular formula is C25H18N2O8. The minimum atomic E-state index is -0.748. The Morgan fingerprint density at radius 3 is 2.57 bits per heavy atom. The van der Waals surface area contributed by atoms with E-state index in [2.05, 4.69) is 0 Å². The van der Waals surface area contributed by atoms with E-state index in [9.17, 15) is 24.5 Å². The van der Waals surface area contributed by atoms with Crippen LogP contribution in [-0.2, 0) is 29.2 Å². The Morgan fingerprint density at radius 2 is 1.80 bits per heavy atom. The number of carbonyl (C=O) groups is 3. The van der Waals surface area contributed by atoms with Crippen LogP contribution in [0.2, 0.25) is 0 Å². The van der Waals surface area contributed by atoms with Gasteiger partial charge in [0.2, 0.25) is 0 Å². The van der Waals surface area contributed by atoms with Crippen molar-refractivity contribution in [3.63, 3.8) is 0 Å². The first-order chi connectivity index (χ1) is 16.9. The van der Waals surface area contributed by atoms with Crippen LogP contribution in [-0.4, -0.2) is 34.4 Å². The molecule has 0 saturated heterocycles. The van der Waals surface area contributed by atoms with Gasteiger partial charge in [0.1, 0.15) is 12.4 Å². The maximum Gasteiger partial charge on any atom is 0.338 e. The van der Waals surface area contributed by atoms with Gasteiger partial charge in [0.15, 0.2) is 6.79 Å². The number of nitrogens with zero attached hydrogens (tertiary/aromatic N) is 2. The number of esters is 1. The van der Waals surface area contributed by atoms with Crippen molar-refractivity contribution in [1.29, 1.82) is 0 Å². The van der Waals surface area contributed by atoms with Crippen molar-refractivity contribution < 1.29 is 33.5 Å². The van der Waals surface area contributed by atoms with Gasteiger partial charge in [-0.3, -0.25) is 24.6 Å². The molecule has 35 heavy (non-hydrogen) atoms. The Morgan fingerprint density at radius 1 is 1.03 bits per heavy atom. The average molecular weight is 474 g/mol. The molecule has 2 heterocycles. The summed E-state index contributed by atoms with van der Waals surface area (Å²) in [7, 11) is 0. The minimum absolute atomic E-state index is 0.0216. The van der Waals surface area contributed by atoms with Gasteiger partial charge in [0.05, 0.1) is 34.8 Å². The van der Waals surface area contributed by atoms with E-state index in [1.165, 1.54) is 30.3 Å². The second-order valence-corrected chi connectivity index (χ2v) is 7.98. The fourth-order valence-electron chi connectivity index (χ4n) is 4.05. The zero-order valence-electron chi connectivity index (χ0n) is 18.3. The lowest BCUT2D eigenvalue weighted by molar-refractivity contribution is -0.385. The number of rotatable bonds is 6. The van der Waals surface area contributed by atoms with E-state index in [-0.39, 0.29) is 48.9 Å². The summed E-state index contributed by atoms with van der Waals surface area (Å²) in [6.07, 6.45) is 0. The van der Waals surface area contributed by atoms with Crippen molar-refractivity contribution in [1.82, 2.24) is 4.90 Å². The Hall–Kier alpha value is -4.57. The molecule has 2 aliphatic heterocycles. The summed E-state index contributed by atoms with van der Waals surface area (Å²) in [6.45, 7) is -0.0495. The number of imide groups is 1. The van der Waals surface area contributed by atoms with E-state index >= 15 is 0 Å².